The quantitative estimate of drug-likeness (QED) is 0.498. The number of rotatable bonds is 7. The van der Waals surface area contributed by atoms with Crippen molar-refractivity contribution in [1.29, 1.82) is 0 Å². The number of para-hydroxylation sites is 1. The summed E-state index contributed by atoms with van der Waals surface area (Å²) in [7, 11) is -5.52. The molecular formula is C25H26N2O5S2. The van der Waals surface area contributed by atoms with Crippen LogP contribution >= 0.6 is 0 Å². The molecule has 3 aromatic rings. The van der Waals surface area contributed by atoms with Gasteiger partial charge in [-0.15, -0.1) is 0 Å². The Morgan fingerprint density at radius 1 is 0.912 bits per heavy atom. The van der Waals surface area contributed by atoms with Gasteiger partial charge in [0, 0.05) is 25.2 Å². The van der Waals surface area contributed by atoms with Gasteiger partial charge in [-0.05, 0) is 48.4 Å². The van der Waals surface area contributed by atoms with Crippen molar-refractivity contribution in [1.82, 2.24) is 4.90 Å². The zero-order valence-corrected chi connectivity index (χ0v) is 20.4. The molecule has 178 valence electrons. The third-order valence-electron chi connectivity index (χ3n) is 5.99. The van der Waals surface area contributed by atoms with Crippen molar-refractivity contribution in [2.45, 2.75) is 23.9 Å². The molecule has 3 aromatic carbocycles. The molecular weight excluding hydrogens is 472 g/mol. The van der Waals surface area contributed by atoms with Gasteiger partial charge in [0.2, 0.25) is 0 Å². The number of hydrogen-bond acceptors (Lipinski definition) is 5. The molecule has 1 atom stereocenters. The summed E-state index contributed by atoms with van der Waals surface area (Å²) in [6, 6.07) is 23.5. The lowest BCUT2D eigenvalue weighted by Gasteiger charge is -2.28. The maximum absolute atomic E-state index is 13.4. The highest BCUT2D eigenvalue weighted by atomic mass is 32.2. The van der Waals surface area contributed by atoms with Crippen molar-refractivity contribution in [3.8, 4) is 0 Å². The van der Waals surface area contributed by atoms with Gasteiger partial charge in [0.05, 0.1) is 22.1 Å². The van der Waals surface area contributed by atoms with Crippen molar-refractivity contribution in [3.05, 3.63) is 96.1 Å². The van der Waals surface area contributed by atoms with Gasteiger partial charge in [-0.3, -0.25) is 9.10 Å². The maximum Gasteiger partial charge on any atom is 0.264 e. The first kappa shape index (κ1) is 24.0. The van der Waals surface area contributed by atoms with Crippen LogP contribution in [0.3, 0.4) is 0 Å². The molecule has 34 heavy (non-hydrogen) atoms. The van der Waals surface area contributed by atoms with E-state index in [0.29, 0.717) is 17.7 Å². The second-order valence-corrected chi connectivity index (χ2v) is 12.5. The minimum atomic E-state index is -3.81. The van der Waals surface area contributed by atoms with Crippen LogP contribution in [0.15, 0.2) is 89.8 Å². The number of sulfone groups is 1. The summed E-state index contributed by atoms with van der Waals surface area (Å²) in [6.07, 6.45) is 0.384. The van der Waals surface area contributed by atoms with Crippen LogP contribution < -0.4 is 4.31 Å². The highest BCUT2D eigenvalue weighted by Gasteiger charge is 2.35. The van der Waals surface area contributed by atoms with Gasteiger partial charge < -0.3 is 4.90 Å². The van der Waals surface area contributed by atoms with Gasteiger partial charge in [-0.2, -0.15) is 0 Å². The van der Waals surface area contributed by atoms with Crippen LogP contribution in [0.4, 0.5) is 5.69 Å². The van der Waals surface area contributed by atoms with E-state index in [9.17, 15) is 21.6 Å². The molecule has 1 fully saturated rings. The van der Waals surface area contributed by atoms with Crippen molar-refractivity contribution in [2.24, 2.45) is 0 Å². The van der Waals surface area contributed by atoms with Crippen LogP contribution in [-0.2, 0) is 26.4 Å². The standard InChI is InChI=1S/C25H26N2O5S2/c1-26(22-10-6-3-7-11-22)34(31,32)24-14-12-21(13-15-24)25(28)27(18-20-8-4-2-5-9-20)23-16-17-33(29,30)19-23/h2-15,23H,16-19H2,1H3. The third-order valence-corrected chi connectivity index (χ3v) is 9.54. The van der Waals surface area contributed by atoms with Gasteiger partial charge in [0.25, 0.3) is 15.9 Å². The van der Waals surface area contributed by atoms with Crippen molar-refractivity contribution in [2.75, 3.05) is 22.9 Å². The highest BCUT2D eigenvalue weighted by Crippen LogP contribution is 2.25. The largest absolute Gasteiger partial charge is 0.330 e. The molecule has 1 amide bonds. The lowest BCUT2D eigenvalue weighted by Crippen LogP contribution is -2.40. The van der Waals surface area contributed by atoms with Gasteiger partial charge in [-0.25, -0.2) is 16.8 Å². The SMILES string of the molecule is CN(c1ccccc1)S(=O)(=O)c1ccc(C(=O)N(Cc2ccccc2)C2CCS(=O)(=O)C2)cc1. The molecule has 0 radical (unpaired) electrons. The van der Waals surface area contributed by atoms with Crippen LogP contribution in [0.5, 0.6) is 0 Å². The zero-order chi connectivity index (χ0) is 24.3. The lowest BCUT2D eigenvalue weighted by atomic mass is 10.1. The highest BCUT2D eigenvalue weighted by molar-refractivity contribution is 7.92. The Balaban J connectivity index is 1.60. The molecule has 0 saturated carbocycles. The van der Waals surface area contributed by atoms with E-state index >= 15 is 0 Å². The fourth-order valence-corrected chi connectivity index (χ4v) is 6.96. The zero-order valence-electron chi connectivity index (χ0n) is 18.7. The number of anilines is 1. The number of nitrogens with zero attached hydrogens (tertiary/aromatic N) is 2. The summed E-state index contributed by atoms with van der Waals surface area (Å²) in [5.41, 5.74) is 1.73. The monoisotopic (exact) mass is 498 g/mol. The molecule has 7 nitrogen and oxygen atoms in total. The second kappa shape index (κ2) is 9.60. The minimum absolute atomic E-state index is 0.0548. The van der Waals surface area contributed by atoms with Crippen molar-refractivity contribution >= 4 is 31.5 Å². The summed E-state index contributed by atoms with van der Waals surface area (Å²) in [5, 5.41) is 0. The second-order valence-electron chi connectivity index (χ2n) is 8.31. The molecule has 1 unspecified atom stereocenters. The van der Waals surface area contributed by atoms with E-state index in [-0.39, 0.29) is 28.9 Å². The minimum Gasteiger partial charge on any atom is -0.330 e. The molecule has 1 saturated heterocycles. The van der Waals surface area contributed by atoms with Crippen molar-refractivity contribution in [3.63, 3.8) is 0 Å². The lowest BCUT2D eigenvalue weighted by molar-refractivity contribution is 0.0681. The molecule has 9 heteroatoms. The third kappa shape index (κ3) is 5.15. The van der Waals surface area contributed by atoms with E-state index in [1.807, 2.05) is 30.3 Å². The Labute approximate surface area is 200 Å². The first-order valence-corrected chi connectivity index (χ1v) is 14.1. The van der Waals surface area contributed by atoms with Gasteiger partial charge >= 0.3 is 0 Å². The smallest absolute Gasteiger partial charge is 0.264 e. The number of hydrogen-bond donors (Lipinski definition) is 0. The Morgan fingerprint density at radius 2 is 1.50 bits per heavy atom. The number of amides is 1. The first-order valence-electron chi connectivity index (χ1n) is 10.9. The van der Waals surface area contributed by atoms with Crippen LogP contribution in [0.25, 0.3) is 0 Å². The van der Waals surface area contributed by atoms with E-state index in [0.717, 1.165) is 5.56 Å². The molecule has 1 heterocycles. The Hall–Kier alpha value is -3.17. The van der Waals surface area contributed by atoms with E-state index in [2.05, 4.69) is 0 Å². The molecule has 0 bridgehead atoms. The van der Waals surface area contributed by atoms with Gasteiger partial charge in [0.15, 0.2) is 9.84 Å². The summed E-state index contributed by atoms with van der Waals surface area (Å²) >= 11 is 0. The Morgan fingerprint density at radius 3 is 2.06 bits per heavy atom. The number of benzene rings is 3. The average molecular weight is 499 g/mol. The van der Waals surface area contributed by atoms with Crippen LogP contribution in [-0.4, -0.2) is 52.2 Å². The summed E-state index contributed by atoms with van der Waals surface area (Å²) in [4.78, 5) is 15.1. The van der Waals surface area contributed by atoms with Crippen molar-refractivity contribution < 1.29 is 21.6 Å². The first-order chi connectivity index (χ1) is 16.2. The molecule has 0 aliphatic carbocycles. The van der Waals surface area contributed by atoms with Crippen LogP contribution in [0.2, 0.25) is 0 Å². The fourth-order valence-electron chi connectivity index (χ4n) is 4.04. The predicted octanol–water partition coefficient (Wildman–Crippen LogP) is 3.34. The normalized spacial score (nSPS) is 17.3. The van der Waals surface area contributed by atoms with E-state index < -0.39 is 25.9 Å². The molecule has 0 N–H and O–H groups in total. The van der Waals surface area contributed by atoms with Gasteiger partial charge in [-0.1, -0.05) is 48.5 Å². The summed E-state index contributed by atoms with van der Waals surface area (Å²) < 4.78 is 51.4. The van der Waals surface area contributed by atoms with E-state index in [1.165, 1.54) is 35.6 Å². The van der Waals surface area contributed by atoms with Gasteiger partial charge in [0.1, 0.15) is 0 Å². The van der Waals surface area contributed by atoms with Crippen LogP contribution in [0.1, 0.15) is 22.3 Å². The molecule has 0 aromatic heterocycles. The predicted molar refractivity (Wildman–Crippen MR) is 132 cm³/mol. The Kier molecular flexibility index (Phi) is 6.77. The average Bonchev–Trinajstić information content (AvgIpc) is 3.22. The number of carbonyl (C=O) groups is 1. The number of carbonyl (C=O) groups excluding carboxylic acids is 1. The summed E-state index contributed by atoms with van der Waals surface area (Å²) in [6.45, 7) is 0.274. The maximum atomic E-state index is 13.4. The molecule has 1 aliphatic heterocycles. The number of sulfonamides is 1. The summed E-state index contributed by atoms with van der Waals surface area (Å²) in [5.74, 6) is -0.342. The molecule has 4 rings (SSSR count). The Bertz CT molecular complexity index is 1360. The molecule has 1 aliphatic rings. The molecule has 0 spiro atoms. The topological polar surface area (TPSA) is 91.8 Å². The van der Waals surface area contributed by atoms with E-state index in [1.54, 1.807) is 35.2 Å². The van der Waals surface area contributed by atoms with Crippen LogP contribution in [0, 0.1) is 0 Å². The van der Waals surface area contributed by atoms with E-state index in [4.69, 9.17) is 0 Å². The fraction of sp³-hybridized carbons (Fsp3) is 0.240.